The Morgan fingerprint density at radius 2 is 1.93 bits per heavy atom. The number of benzene rings is 1. The molecule has 0 spiro atoms. The molecule has 30 heavy (non-hydrogen) atoms. The van der Waals surface area contributed by atoms with Crippen LogP contribution >= 0.6 is 23.1 Å². The van der Waals surface area contributed by atoms with Crippen molar-refractivity contribution in [2.45, 2.75) is 12.1 Å². The molecule has 0 bridgehead atoms. The van der Waals surface area contributed by atoms with Crippen LogP contribution in [-0.2, 0) is 4.79 Å². The highest BCUT2D eigenvalue weighted by Gasteiger charge is 2.18. The van der Waals surface area contributed by atoms with E-state index in [0.717, 1.165) is 21.9 Å². The number of carbonyl (C=O) groups excluding carboxylic acids is 1. The van der Waals surface area contributed by atoms with E-state index in [1.54, 1.807) is 25.7 Å². The minimum Gasteiger partial charge on any atom is -0.497 e. The van der Waals surface area contributed by atoms with E-state index in [0.29, 0.717) is 16.1 Å². The summed E-state index contributed by atoms with van der Waals surface area (Å²) in [6.07, 6.45) is 5.14. The number of nitrogens with zero attached hydrogens (tertiary/aromatic N) is 5. The number of hydrogen-bond donors (Lipinski definition) is 1. The van der Waals surface area contributed by atoms with E-state index < -0.39 is 0 Å². The second-order valence-corrected chi connectivity index (χ2v) is 8.37. The molecule has 0 aliphatic heterocycles. The zero-order valence-corrected chi connectivity index (χ0v) is 17.9. The van der Waals surface area contributed by atoms with Gasteiger partial charge in [0.05, 0.1) is 12.9 Å². The predicted molar refractivity (Wildman–Crippen MR) is 117 cm³/mol. The second kappa shape index (κ2) is 9.06. The van der Waals surface area contributed by atoms with E-state index in [1.807, 2.05) is 47.9 Å². The number of anilines is 1. The van der Waals surface area contributed by atoms with Gasteiger partial charge in [-0.2, -0.15) is 0 Å². The largest absolute Gasteiger partial charge is 0.497 e. The number of aryl methyl sites for hydroxylation is 1. The fourth-order valence-corrected chi connectivity index (χ4v) is 4.15. The molecule has 1 amide bonds. The molecular weight excluding hydrogens is 420 g/mol. The summed E-state index contributed by atoms with van der Waals surface area (Å²) in [7, 11) is 1.63. The SMILES string of the molecule is COc1ccc(-n2c(SCC(=O)Nc3ncc(C)s3)nnc2-c2ccncc2)cc1. The third kappa shape index (κ3) is 4.50. The quantitative estimate of drug-likeness (QED) is 0.438. The van der Waals surface area contributed by atoms with Gasteiger partial charge in [-0.3, -0.25) is 14.3 Å². The van der Waals surface area contributed by atoms with Gasteiger partial charge in [-0.1, -0.05) is 11.8 Å². The number of amides is 1. The van der Waals surface area contributed by atoms with Gasteiger partial charge in [0, 0.05) is 34.7 Å². The summed E-state index contributed by atoms with van der Waals surface area (Å²) in [5.74, 6) is 1.46. The summed E-state index contributed by atoms with van der Waals surface area (Å²) < 4.78 is 7.17. The van der Waals surface area contributed by atoms with Crippen molar-refractivity contribution in [1.82, 2.24) is 24.7 Å². The molecule has 0 saturated carbocycles. The van der Waals surface area contributed by atoms with Crippen LogP contribution in [0.3, 0.4) is 0 Å². The van der Waals surface area contributed by atoms with Crippen LogP contribution in [0.5, 0.6) is 5.75 Å². The van der Waals surface area contributed by atoms with Crippen molar-refractivity contribution in [1.29, 1.82) is 0 Å². The Morgan fingerprint density at radius 1 is 1.17 bits per heavy atom. The van der Waals surface area contributed by atoms with Gasteiger partial charge < -0.3 is 10.1 Å². The lowest BCUT2D eigenvalue weighted by molar-refractivity contribution is -0.113. The molecule has 0 fully saturated rings. The van der Waals surface area contributed by atoms with Gasteiger partial charge in [0.2, 0.25) is 5.91 Å². The van der Waals surface area contributed by atoms with E-state index in [1.165, 1.54) is 23.1 Å². The van der Waals surface area contributed by atoms with Crippen LogP contribution in [0, 0.1) is 6.92 Å². The first-order valence-electron chi connectivity index (χ1n) is 8.99. The molecule has 0 radical (unpaired) electrons. The average Bonchev–Trinajstić information content (AvgIpc) is 3.39. The Kier molecular flexibility index (Phi) is 6.05. The van der Waals surface area contributed by atoms with Crippen molar-refractivity contribution >= 4 is 34.1 Å². The number of ether oxygens (including phenoxy) is 1. The molecule has 8 nitrogen and oxygen atoms in total. The molecule has 0 aliphatic rings. The Hall–Kier alpha value is -3.24. The van der Waals surface area contributed by atoms with Gasteiger partial charge in [0.1, 0.15) is 5.75 Å². The summed E-state index contributed by atoms with van der Waals surface area (Å²) in [5.41, 5.74) is 1.74. The van der Waals surface area contributed by atoms with Crippen LogP contribution in [0.15, 0.2) is 60.1 Å². The number of aromatic nitrogens is 5. The van der Waals surface area contributed by atoms with E-state index in [2.05, 4.69) is 25.5 Å². The zero-order valence-electron chi connectivity index (χ0n) is 16.3. The van der Waals surface area contributed by atoms with Crippen molar-refractivity contribution in [2.24, 2.45) is 0 Å². The molecular formula is C20H18N6O2S2. The molecule has 3 heterocycles. The summed E-state index contributed by atoms with van der Waals surface area (Å²) in [5, 5.41) is 12.7. The van der Waals surface area contributed by atoms with Crippen LogP contribution in [0.1, 0.15) is 4.88 Å². The van der Waals surface area contributed by atoms with Gasteiger partial charge in [0.25, 0.3) is 0 Å². The van der Waals surface area contributed by atoms with E-state index >= 15 is 0 Å². The Morgan fingerprint density at radius 3 is 2.60 bits per heavy atom. The first-order chi connectivity index (χ1) is 14.6. The molecule has 3 aromatic heterocycles. The van der Waals surface area contributed by atoms with E-state index in [-0.39, 0.29) is 11.7 Å². The smallest absolute Gasteiger partial charge is 0.236 e. The average molecular weight is 439 g/mol. The lowest BCUT2D eigenvalue weighted by Gasteiger charge is -2.11. The Labute approximate surface area is 181 Å². The molecule has 152 valence electrons. The van der Waals surface area contributed by atoms with Crippen LogP contribution in [0.2, 0.25) is 0 Å². The first kappa shape index (κ1) is 20.0. The van der Waals surface area contributed by atoms with Crippen LogP contribution < -0.4 is 10.1 Å². The maximum absolute atomic E-state index is 12.4. The number of carbonyl (C=O) groups is 1. The molecule has 0 atom stereocenters. The minimum atomic E-state index is -0.149. The highest BCUT2D eigenvalue weighted by Crippen LogP contribution is 2.29. The van der Waals surface area contributed by atoms with E-state index in [4.69, 9.17) is 4.74 Å². The monoisotopic (exact) mass is 438 g/mol. The second-order valence-electron chi connectivity index (χ2n) is 6.19. The number of hydrogen-bond acceptors (Lipinski definition) is 8. The van der Waals surface area contributed by atoms with Crippen molar-refractivity contribution < 1.29 is 9.53 Å². The van der Waals surface area contributed by atoms with Crippen molar-refractivity contribution in [2.75, 3.05) is 18.2 Å². The highest BCUT2D eigenvalue weighted by molar-refractivity contribution is 7.99. The molecule has 0 saturated heterocycles. The van der Waals surface area contributed by atoms with Gasteiger partial charge in [-0.05, 0) is 43.3 Å². The first-order valence-corrected chi connectivity index (χ1v) is 10.8. The van der Waals surface area contributed by atoms with Gasteiger partial charge >= 0.3 is 0 Å². The van der Waals surface area contributed by atoms with Crippen molar-refractivity contribution in [3.63, 3.8) is 0 Å². The molecule has 4 rings (SSSR count). The van der Waals surface area contributed by atoms with Gasteiger partial charge in [0.15, 0.2) is 16.1 Å². The molecule has 0 aliphatic carbocycles. The molecule has 1 N–H and O–H groups in total. The van der Waals surface area contributed by atoms with Crippen LogP contribution in [0.25, 0.3) is 17.1 Å². The highest BCUT2D eigenvalue weighted by atomic mass is 32.2. The predicted octanol–water partition coefficient (Wildman–Crippen LogP) is 3.83. The molecule has 1 aromatic carbocycles. The molecule has 4 aromatic rings. The van der Waals surface area contributed by atoms with Gasteiger partial charge in [-0.25, -0.2) is 4.98 Å². The maximum Gasteiger partial charge on any atom is 0.236 e. The number of pyridine rings is 1. The third-order valence-electron chi connectivity index (χ3n) is 4.10. The zero-order chi connectivity index (χ0) is 20.9. The standard InChI is InChI=1S/C20H18N6O2S2/c1-13-11-22-19(30-13)23-17(27)12-29-20-25-24-18(14-7-9-21-10-8-14)26(20)15-3-5-16(28-2)6-4-15/h3-11H,12H2,1-2H3,(H,22,23,27). The van der Waals surface area contributed by atoms with E-state index in [9.17, 15) is 4.79 Å². The van der Waals surface area contributed by atoms with Gasteiger partial charge in [-0.15, -0.1) is 21.5 Å². The number of thiazole rings is 1. The Bertz CT molecular complexity index is 1140. The maximum atomic E-state index is 12.4. The number of methoxy groups -OCH3 is 1. The number of rotatable bonds is 7. The number of nitrogens with one attached hydrogen (secondary N) is 1. The molecule has 10 heteroatoms. The molecule has 0 unspecified atom stereocenters. The lowest BCUT2D eigenvalue weighted by Crippen LogP contribution is -2.14. The summed E-state index contributed by atoms with van der Waals surface area (Å²) in [4.78, 5) is 21.6. The number of thioether (sulfide) groups is 1. The fourth-order valence-electron chi connectivity index (χ4n) is 2.71. The topological polar surface area (TPSA) is 94.8 Å². The normalized spacial score (nSPS) is 10.7. The van der Waals surface area contributed by atoms with Crippen molar-refractivity contribution in [3.05, 3.63) is 59.9 Å². The van der Waals surface area contributed by atoms with Crippen LogP contribution in [-0.4, -0.2) is 43.5 Å². The third-order valence-corrected chi connectivity index (χ3v) is 5.86. The lowest BCUT2D eigenvalue weighted by atomic mass is 10.2. The van der Waals surface area contributed by atoms with Crippen LogP contribution in [0.4, 0.5) is 5.13 Å². The van der Waals surface area contributed by atoms with Crippen molar-refractivity contribution in [3.8, 4) is 22.8 Å². The fraction of sp³-hybridized carbons (Fsp3) is 0.150. The minimum absolute atomic E-state index is 0.149. The summed E-state index contributed by atoms with van der Waals surface area (Å²) in [6, 6.07) is 11.3. The summed E-state index contributed by atoms with van der Waals surface area (Å²) in [6.45, 7) is 1.94. The Balaban J connectivity index is 1.60. The summed E-state index contributed by atoms with van der Waals surface area (Å²) >= 11 is 2.75.